The zero-order valence-corrected chi connectivity index (χ0v) is 14.2. The average Bonchev–Trinajstić information content (AvgIpc) is 2.47. The Labute approximate surface area is 131 Å². The van der Waals surface area contributed by atoms with Crippen LogP contribution in [0.4, 0.5) is 0 Å². The fraction of sp³-hybridized carbons (Fsp3) is 0.944. The first-order valence-electron chi connectivity index (χ1n) is 9.06. The van der Waals surface area contributed by atoms with E-state index in [2.05, 4.69) is 13.8 Å². The summed E-state index contributed by atoms with van der Waals surface area (Å²) in [5.41, 5.74) is 0. The summed E-state index contributed by atoms with van der Waals surface area (Å²) in [5.74, 6) is -0.800. The molecule has 0 aromatic heterocycles. The number of ether oxygens (including phenoxy) is 1. The first-order valence-corrected chi connectivity index (χ1v) is 9.06. The fourth-order valence-electron chi connectivity index (χ4n) is 2.50. The summed E-state index contributed by atoms with van der Waals surface area (Å²) in [6.07, 6.45) is 14.5. The molecule has 0 bridgehead atoms. The number of unbranched alkanes of at least 4 members (excludes halogenated alkanes) is 10. The Morgan fingerprint density at radius 2 is 1.29 bits per heavy atom. The van der Waals surface area contributed by atoms with E-state index in [1.165, 1.54) is 51.4 Å². The third-order valence-electron chi connectivity index (χ3n) is 3.91. The SMILES string of the molecule is CCCCCCCCCCOC(CCCCCC)C(=O)O. The van der Waals surface area contributed by atoms with E-state index < -0.39 is 12.1 Å². The molecule has 3 heteroatoms. The average molecular weight is 300 g/mol. The second-order valence-electron chi connectivity index (χ2n) is 6.02. The highest BCUT2D eigenvalue weighted by molar-refractivity contribution is 5.72. The van der Waals surface area contributed by atoms with Crippen LogP contribution in [0.25, 0.3) is 0 Å². The van der Waals surface area contributed by atoms with E-state index in [0.717, 1.165) is 25.7 Å². The number of rotatable bonds is 16. The second-order valence-corrected chi connectivity index (χ2v) is 6.02. The van der Waals surface area contributed by atoms with Gasteiger partial charge in [0.15, 0.2) is 6.10 Å². The second kappa shape index (κ2) is 15.8. The van der Waals surface area contributed by atoms with Gasteiger partial charge in [-0.15, -0.1) is 0 Å². The predicted molar refractivity (Wildman–Crippen MR) is 88.7 cm³/mol. The zero-order valence-electron chi connectivity index (χ0n) is 14.2. The number of hydrogen-bond acceptors (Lipinski definition) is 2. The van der Waals surface area contributed by atoms with E-state index in [0.29, 0.717) is 13.0 Å². The maximum Gasteiger partial charge on any atom is 0.332 e. The minimum absolute atomic E-state index is 0.591. The molecule has 0 aromatic carbocycles. The van der Waals surface area contributed by atoms with Crippen LogP contribution in [0.5, 0.6) is 0 Å². The lowest BCUT2D eigenvalue weighted by molar-refractivity contribution is -0.151. The monoisotopic (exact) mass is 300 g/mol. The molecule has 0 amide bonds. The van der Waals surface area contributed by atoms with Crippen molar-refractivity contribution in [1.82, 2.24) is 0 Å². The summed E-state index contributed by atoms with van der Waals surface area (Å²) in [5, 5.41) is 9.13. The highest BCUT2D eigenvalue weighted by Gasteiger charge is 2.16. The van der Waals surface area contributed by atoms with Crippen LogP contribution in [-0.4, -0.2) is 23.8 Å². The molecule has 3 nitrogen and oxygen atoms in total. The van der Waals surface area contributed by atoms with Crippen molar-refractivity contribution in [2.75, 3.05) is 6.61 Å². The summed E-state index contributed by atoms with van der Waals surface area (Å²) >= 11 is 0. The summed E-state index contributed by atoms with van der Waals surface area (Å²) in [7, 11) is 0. The van der Waals surface area contributed by atoms with Crippen LogP contribution < -0.4 is 0 Å². The molecule has 1 unspecified atom stereocenters. The number of carbonyl (C=O) groups is 1. The van der Waals surface area contributed by atoms with Gasteiger partial charge in [0.25, 0.3) is 0 Å². The van der Waals surface area contributed by atoms with Gasteiger partial charge in [0.05, 0.1) is 0 Å². The molecule has 126 valence electrons. The molecule has 21 heavy (non-hydrogen) atoms. The third-order valence-corrected chi connectivity index (χ3v) is 3.91. The fourth-order valence-corrected chi connectivity index (χ4v) is 2.50. The Morgan fingerprint density at radius 3 is 1.81 bits per heavy atom. The number of carboxylic acids is 1. The Hall–Kier alpha value is -0.570. The number of hydrogen-bond donors (Lipinski definition) is 1. The molecule has 1 N–H and O–H groups in total. The molecular formula is C18H36O3. The predicted octanol–water partition coefficient (Wildman–Crippen LogP) is 5.57. The van der Waals surface area contributed by atoms with Crippen LogP contribution in [0.1, 0.15) is 97.3 Å². The highest BCUT2D eigenvalue weighted by Crippen LogP contribution is 2.11. The summed E-state index contributed by atoms with van der Waals surface area (Å²) in [6, 6.07) is 0. The Bertz CT molecular complexity index is 229. The molecule has 0 aliphatic rings. The smallest absolute Gasteiger partial charge is 0.332 e. The summed E-state index contributed by atoms with van der Waals surface area (Å²) in [4.78, 5) is 11.1. The first-order chi connectivity index (χ1) is 10.2. The molecule has 0 aliphatic carbocycles. The quantitative estimate of drug-likeness (QED) is 0.379. The third kappa shape index (κ3) is 14.1. The molecule has 0 fully saturated rings. The molecule has 0 rings (SSSR count). The lowest BCUT2D eigenvalue weighted by Crippen LogP contribution is -2.24. The van der Waals surface area contributed by atoms with Gasteiger partial charge in [-0.05, 0) is 12.8 Å². The van der Waals surface area contributed by atoms with Gasteiger partial charge in [0.1, 0.15) is 0 Å². The maximum absolute atomic E-state index is 11.1. The van der Waals surface area contributed by atoms with Crippen molar-refractivity contribution in [3.05, 3.63) is 0 Å². The Morgan fingerprint density at radius 1 is 0.810 bits per heavy atom. The zero-order chi connectivity index (χ0) is 15.8. The van der Waals surface area contributed by atoms with Crippen molar-refractivity contribution < 1.29 is 14.6 Å². The standard InChI is InChI=1S/C18H36O3/c1-3-5-7-9-10-11-12-14-16-21-17(18(19)20)15-13-8-6-4-2/h17H,3-16H2,1-2H3,(H,19,20). The largest absolute Gasteiger partial charge is 0.479 e. The minimum Gasteiger partial charge on any atom is -0.479 e. The van der Waals surface area contributed by atoms with E-state index in [-0.39, 0.29) is 0 Å². The molecular weight excluding hydrogens is 264 g/mol. The Kier molecular flexibility index (Phi) is 15.4. The van der Waals surface area contributed by atoms with Crippen molar-refractivity contribution in [2.45, 2.75) is 103 Å². The topological polar surface area (TPSA) is 46.5 Å². The van der Waals surface area contributed by atoms with Crippen LogP contribution in [0.2, 0.25) is 0 Å². The van der Waals surface area contributed by atoms with Crippen molar-refractivity contribution in [1.29, 1.82) is 0 Å². The Balaban J connectivity index is 3.45. The maximum atomic E-state index is 11.1. The van der Waals surface area contributed by atoms with Gasteiger partial charge in [-0.1, -0.05) is 84.5 Å². The van der Waals surface area contributed by atoms with E-state index in [1.54, 1.807) is 0 Å². The van der Waals surface area contributed by atoms with Crippen LogP contribution >= 0.6 is 0 Å². The molecule has 0 heterocycles. The van der Waals surface area contributed by atoms with E-state index in [4.69, 9.17) is 9.84 Å². The van der Waals surface area contributed by atoms with Gasteiger partial charge in [-0.3, -0.25) is 0 Å². The van der Waals surface area contributed by atoms with E-state index in [9.17, 15) is 4.79 Å². The minimum atomic E-state index is -0.800. The molecule has 0 aliphatic heterocycles. The van der Waals surface area contributed by atoms with Gasteiger partial charge >= 0.3 is 5.97 Å². The van der Waals surface area contributed by atoms with Gasteiger partial charge in [-0.25, -0.2) is 4.79 Å². The van der Waals surface area contributed by atoms with Gasteiger partial charge in [0.2, 0.25) is 0 Å². The molecule has 0 aromatic rings. The molecule has 0 saturated heterocycles. The normalized spacial score (nSPS) is 12.5. The highest BCUT2D eigenvalue weighted by atomic mass is 16.5. The lowest BCUT2D eigenvalue weighted by atomic mass is 10.1. The van der Waals surface area contributed by atoms with Crippen LogP contribution in [-0.2, 0) is 9.53 Å². The molecule has 0 radical (unpaired) electrons. The van der Waals surface area contributed by atoms with Crippen LogP contribution in [0, 0.1) is 0 Å². The first kappa shape index (κ1) is 20.4. The molecule has 0 saturated carbocycles. The number of carboxylic acid groups (broad SMARTS) is 1. The van der Waals surface area contributed by atoms with Gasteiger partial charge in [-0.2, -0.15) is 0 Å². The van der Waals surface area contributed by atoms with E-state index in [1.807, 2.05) is 0 Å². The van der Waals surface area contributed by atoms with Crippen molar-refractivity contribution in [2.24, 2.45) is 0 Å². The lowest BCUT2D eigenvalue weighted by Gasteiger charge is -2.13. The number of aliphatic carboxylic acids is 1. The van der Waals surface area contributed by atoms with E-state index >= 15 is 0 Å². The van der Waals surface area contributed by atoms with Crippen LogP contribution in [0.15, 0.2) is 0 Å². The van der Waals surface area contributed by atoms with Gasteiger partial charge in [0, 0.05) is 6.61 Å². The van der Waals surface area contributed by atoms with Crippen molar-refractivity contribution in [3.8, 4) is 0 Å². The van der Waals surface area contributed by atoms with Crippen molar-refractivity contribution >= 4 is 5.97 Å². The molecule has 1 atom stereocenters. The van der Waals surface area contributed by atoms with Crippen molar-refractivity contribution in [3.63, 3.8) is 0 Å². The summed E-state index contributed by atoms with van der Waals surface area (Å²) in [6.45, 7) is 4.99. The van der Waals surface area contributed by atoms with Crippen LogP contribution in [0.3, 0.4) is 0 Å². The molecule has 0 spiro atoms. The van der Waals surface area contributed by atoms with Gasteiger partial charge < -0.3 is 9.84 Å². The summed E-state index contributed by atoms with van der Waals surface area (Å²) < 4.78 is 5.53.